The third kappa shape index (κ3) is 1.56. The number of ether oxygens (including phenoxy) is 1. The van der Waals surface area contributed by atoms with Gasteiger partial charge in [-0.3, -0.25) is 4.79 Å². The van der Waals surface area contributed by atoms with E-state index in [0.717, 1.165) is 51.4 Å². The zero-order valence-electron chi connectivity index (χ0n) is 14.6. The second-order valence-electron chi connectivity index (χ2n) is 9.13. The Morgan fingerprint density at radius 3 is 2.67 bits per heavy atom. The maximum absolute atomic E-state index is 12.1. The normalized spacial score (nSPS) is 58.0. The number of ketones is 1. The van der Waals surface area contributed by atoms with Gasteiger partial charge in [-0.1, -0.05) is 12.8 Å². The van der Waals surface area contributed by atoms with E-state index in [0.29, 0.717) is 35.9 Å². The van der Waals surface area contributed by atoms with Gasteiger partial charge in [-0.25, -0.2) is 0 Å². The van der Waals surface area contributed by atoms with Gasteiger partial charge in [0.15, 0.2) is 5.78 Å². The second-order valence-corrected chi connectivity index (χ2v) is 9.13. The van der Waals surface area contributed by atoms with Crippen LogP contribution in [0, 0.1) is 41.4 Å². The third-order valence-electron chi connectivity index (χ3n) is 8.94. The van der Waals surface area contributed by atoms with Crippen LogP contribution in [0.1, 0.15) is 64.7 Å². The fourth-order valence-corrected chi connectivity index (χ4v) is 7.83. The molecule has 0 aromatic rings. The molecule has 3 heteroatoms. The van der Waals surface area contributed by atoms with Crippen molar-refractivity contribution in [2.75, 3.05) is 0 Å². The molecule has 8 atom stereocenters. The number of terminal acetylenes is 1. The summed E-state index contributed by atoms with van der Waals surface area (Å²) < 4.78 is 6.02. The van der Waals surface area contributed by atoms with Gasteiger partial charge in [0.05, 0.1) is 0 Å². The van der Waals surface area contributed by atoms with Crippen molar-refractivity contribution in [3.63, 3.8) is 0 Å². The molecule has 2 unspecified atom stereocenters. The summed E-state index contributed by atoms with van der Waals surface area (Å²) in [6.45, 7) is 2.21. The molecule has 1 aliphatic heterocycles. The molecule has 0 bridgehead atoms. The average Bonchev–Trinajstić information content (AvgIpc) is 3.26. The summed E-state index contributed by atoms with van der Waals surface area (Å²) in [6.07, 6.45) is 14.6. The molecule has 5 rings (SSSR count). The molecule has 1 spiro atoms. The highest BCUT2D eigenvalue weighted by atomic mass is 16.6. The lowest BCUT2D eigenvalue weighted by Gasteiger charge is -2.56. The largest absolute Gasteiger partial charge is 0.377 e. The first-order valence-corrected chi connectivity index (χ1v) is 9.92. The molecule has 3 nitrogen and oxygen atoms in total. The summed E-state index contributed by atoms with van der Waals surface area (Å²) in [5, 5.41) is 11.2. The fourth-order valence-electron chi connectivity index (χ4n) is 7.83. The number of epoxide rings is 1. The number of fused-ring (bicyclic) bond motifs is 4. The summed E-state index contributed by atoms with van der Waals surface area (Å²) in [5.41, 5.74) is -1.08. The number of rotatable bonds is 1. The Bertz CT molecular complexity index is 635. The molecule has 1 heterocycles. The number of hydrogen-bond donors (Lipinski definition) is 1. The van der Waals surface area contributed by atoms with Crippen LogP contribution >= 0.6 is 0 Å². The van der Waals surface area contributed by atoms with E-state index in [1.165, 1.54) is 0 Å². The Balaban J connectivity index is 1.48. The molecule has 4 saturated carbocycles. The van der Waals surface area contributed by atoms with Gasteiger partial charge in [0, 0.05) is 11.8 Å². The molecule has 0 aromatic carbocycles. The van der Waals surface area contributed by atoms with E-state index < -0.39 is 5.60 Å². The van der Waals surface area contributed by atoms with Gasteiger partial charge in [0.25, 0.3) is 0 Å². The van der Waals surface area contributed by atoms with Crippen LogP contribution in [0.3, 0.4) is 0 Å². The quantitative estimate of drug-likeness (QED) is 0.594. The molecular weight excluding hydrogens is 300 g/mol. The predicted octanol–water partition coefficient (Wildman–Crippen LogP) is 3.09. The molecule has 24 heavy (non-hydrogen) atoms. The number of hydrogen-bond acceptors (Lipinski definition) is 3. The van der Waals surface area contributed by atoms with Crippen LogP contribution < -0.4 is 0 Å². The smallest absolute Gasteiger partial charge is 0.164 e. The van der Waals surface area contributed by atoms with Crippen LogP contribution in [0.5, 0.6) is 0 Å². The third-order valence-corrected chi connectivity index (χ3v) is 8.94. The fraction of sp³-hybridized carbons (Fsp3) is 0.857. The average molecular weight is 328 g/mol. The summed E-state index contributed by atoms with van der Waals surface area (Å²) in [6, 6.07) is 0. The first-order valence-electron chi connectivity index (χ1n) is 9.92. The number of Topliss-reactive ketones (excluding diaryl/α,β-unsaturated/α-hetero) is 1. The Hall–Kier alpha value is -0.850. The van der Waals surface area contributed by atoms with Crippen LogP contribution in [-0.4, -0.2) is 28.2 Å². The van der Waals surface area contributed by atoms with Crippen LogP contribution in [0.15, 0.2) is 0 Å². The predicted molar refractivity (Wildman–Crippen MR) is 90.0 cm³/mol. The van der Waals surface area contributed by atoms with E-state index in [9.17, 15) is 9.90 Å². The molecular formula is C21H28O3. The summed E-state index contributed by atoms with van der Waals surface area (Å²) in [4.78, 5) is 12.1. The minimum absolute atomic E-state index is 0.0816. The zero-order chi connectivity index (χ0) is 16.7. The molecule has 1 saturated heterocycles. The molecule has 0 amide bonds. The van der Waals surface area contributed by atoms with E-state index in [4.69, 9.17) is 11.2 Å². The molecule has 4 aliphatic carbocycles. The van der Waals surface area contributed by atoms with E-state index in [-0.39, 0.29) is 17.1 Å². The van der Waals surface area contributed by atoms with Crippen LogP contribution in [0.25, 0.3) is 0 Å². The summed E-state index contributed by atoms with van der Waals surface area (Å²) >= 11 is 0. The molecule has 0 aromatic heterocycles. The lowest BCUT2D eigenvalue weighted by Crippen LogP contribution is -2.56. The molecule has 130 valence electrons. The van der Waals surface area contributed by atoms with Crippen LogP contribution in [-0.2, 0) is 9.53 Å². The van der Waals surface area contributed by atoms with Gasteiger partial charge < -0.3 is 9.84 Å². The van der Waals surface area contributed by atoms with Gasteiger partial charge >= 0.3 is 0 Å². The van der Waals surface area contributed by atoms with Gasteiger partial charge in [0.2, 0.25) is 0 Å². The summed E-state index contributed by atoms with van der Waals surface area (Å²) in [7, 11) is 0. The van der Waals surface area contributed by atoms with Crippen molar-refractivity contribution >= 4 is 5.78 Å². The van der Waals surface area contributed by atoms with Gasteiger partial charge in [-0.05, 0) is 75.0 Å². The molecule has 5 aliphatic rings. The zero-order valence-corrected chi connectivity index (χ0v) is 14.6. The van der Waals surface area contributed by atoms with Crippen molar-refractivity contribution in [2.24, 2.45) is 29.1 Å². The monoisotopic (exact) mass is 328 g/mol. The standard InChI is InChI=1S/C21H28O3/c1-3-19-10-7-14-13(15(19)9-11-20(19,23)4-2)8-12-21-16(14)5-6-17(22)18(21)24-21/h2,13-16,18,23H,3,5-12H2,1H3/t13-,14+,15+,16-,18-,19?,20?,21-/m1/s1. The SMILES string of the molecule is C#CC1(O)CC[C@H]2[C@@H]3CC[C@]45O[C@@H]4C(=O)CC[C@@H]5[C@H]3CCC21CC. The van der Waals surface area contributed by atoms with Crippen molar-refractivity contribution < 1.29 is 14.6 Å². The van der Waals surface area contributed by atoms with E-state index in [2.05, 4.69) is 12.8 Å². The number of carbonyl (C=O) groups is 1. The minimum Gasteiger partial charge on any atom is -0.377 e. The highest BCUT2D eigenvalue weighted by molar-refractivity contribution is 5.88. The first kappa shape index (κ1) is 15.4. The maximum Gasteiger partial charge on any atom is 0.164 e. The Morgan fingerprint density at radius 2 is 1.92 bits per heavy atom. The second kappa shape index (κ2) is 4.65. The van der Waals surface area contributed by atoms with Crippen LogP contribution in [0.2, 0.25) is 0 Å². The van der Waals surface area contributed by atoms with Crippen LogP contribution in [0.4, 0.5) is 0 Å². The van der Waals surface area contributed by atoms with Crippen molar-refractivity contribution in [1.82, 2.24) is 0 Å². The first-order chi connectivity index (χ1) is 11.5. The highest BCUT2D eigenvalue weighted by Crippen LogP contribution is 2.69. The number of carbonyl (C=O) groups excluding carboxylic acids is 1. The minimum atomic E-state index is -0.909. The van der Waals surface area contributed by atoms with E-state index >= 15 is 0 Å². The highest BCUT2D eigenvalue weighted by Gasteiger charge is 2.72. The lowest BCUT2D eigenvalue weighted by atomic mass is 9.48. The maximum atomic E-state index is 12.1. The Labute approximate surface area is 144 Å². The van der Waals surface area contributed by atoms with E-state index in [1.807, 2.05) is 0 Å². The number of aliphatic hydroxyl groups is 1. The van der Waals surface area contributed by atoms with Crippen molar-refractivity contribution in [2.45, 2.75) is 82.0 Å². The van der Waals surface area contributed by atoms with Gasteiger partial charge in [-0.15, -0.1) is 6.42 Å². The Kier molecular flexibility index (Phi) is 2.99. The van der Waals surface area contributed by atoms with E-state index in [1.54, 1.807) is 0 Å². The molecule has 0 radical (unpaired) electrons. The van der Waals surface area contributed by atoms with Gasteiger partial charge in [-0.2, -0.15) is 0 Å². The summed E-state index contributed by atoms with van der Waals surface area (Å²) in [5.74, 6) is 5.57. The van der Waals surface area contributed by atoms with Crippen molar-refractivity contribution in [1.29, 1.82) is 0 Å². The molecule has 1 N–H and O–H groups in total. The molecule has 5 fully saturated rings. The topological polar surface area (TPSA) is 49.8 Å². The van der Waals surface area contributed by atoms with Crippen molar-refractivity contribution in [3.8, 4) is 12.3 Å². The Morgan fingerprint density at radius 1 is 1.17 bits per heavy atom. The van der Waals surface area contributed by atoms with Crippen molar-refractivity contribution in [3.05, 3.63) is 0 Å². The van der Waals surface area contributed by atoms with Gasteiger partial charge in [0.1, 0.15) is 17.3 Å². The lowest BCUT2D eigenvalue weighted by molar-refractivity contribution is -0.126.